The molecule has 2 saturated heterocycles. The molecule has 2 N–H and O–H groups in total. The maximum Gasteiger partial charge on any atom is 0.308 e. The molecule has 2 aliphatic heterocycles. The Morgan fingerprint density at radius 3 is 2.66 bits per heavy atom. The van der Waals surface area contributed by atoms with Crippen LogP contribution in [0.1, 0.15) is 37.7 Å². The number of carboxylic acids is 1. The van der Waals surface area contributed by atoms with Gasteiger partial charge in [0.15, 0.2) is 0 Å². The fraction of sp³-hybridized carbons (Fsp3) is 0.393. The number of piperidine rings is 1. The summed E-state index contributed by atoms with van der Waals surface area (Å²) in [7, 11) is 0. The lowest BCUT2D eigenvalue weighted by Gasteiger charge is -2.33. The molecule has 2 heterocycles. The van der Waals surface area contributed by atoms with Crippen molar-refractivity contribution < 1.29 is 19.5 Å². The van der Waals surface area contributed by atoms with Crippen molar-refractivity contribution in [3.8, 4) is 0 Å². The number of halogens is 2. The van der Waals surface area contributed by atoms with Crippen LogP contribution in [-0.2, 0) is 14.4 Å². The number of nitrogens with zero attached hydrogens (tertiary/aromatic N) is 2. The second-order valence-corrected chi connectivity index (χ2v) is 11.3. The third-order valence-electron chi connectivity index (χ3n) is 6.76. The van der Waals surface area contributed by atoms with Gasteiger partial charge in [-0.25, -0.2) is 0 Å². The van der Waals surface area contributed by atoms with Crippen LogP contribution < -0.4 is 10.2 Å². The smallest absolute Gasteiger partial charge is 0.308 e. The highest BCUT2D eigenvalue weighted by Crippen LogP contribution is 2.43. The fourth-order valence-electron chi connectivity index (χ4n) is 4.72. The van der Waals surface area contributed by atoms with E-state index >= 15 is 0 Å². The van der Waals surface area contributed by atoms with Gasteiger partial charge in [0.25, 0.3) is 0 Å². The number of hydrogen-bond donors (Lipinski definition) is 2. The molecule has 0 spiro atoms. The number of amides is 2. The molecule has 0 saturated carbocycles. The number of likely N-dealkylation sites (tertiary alicyclic amines) is 1. The highest BCUT2D eigenvalue weighted by molar-refractivity contribution is 7.99. The summed E-state index contributed by atoms with van der Waals surface area (Å²) in [4.78, 5) is 41.1. The highest BCUT2D eigenvalue weighted by Gasteiger charge is 2.27. The molecule has 1 unspecified atom stereocenters. The molecular formula is C28H31Cl2N3O4S. The minimum Gasteiger partial charge on any atom is -0.481 e. The quantitative estimate of drug-likeness (QED) is 0.283. The average Bonchev–Trinajstić information content (AvgIpc) is 3.33. The van der Waals surface area contributed by atoms with Gasteiger partial charge < -0.3 is 20.2 Å². The van der Waals surface area contributed by atoms with Crippen LogP contribution in [0.4, 0.5) is 5.69 Å². The Hall–Kier alpha value is -2.68. The maximum absolute atomic E-state index is 12.2. The first-order chi connectivity index (χ1) is 18.3. The van der Waals surface area contributed by atoms with Crippen molar-refractivity contribution in [2.75, 3.05) is 37.6 Å². The van der Waals surface area contributed by atoms with Crippen LogP contribution in [0.3, 0.4) is 0 Å². The fourth-order valence-corrected chi connectivity index (χ4v) is 6.31. The van der Waals surface area contributed by atoms with Gasteiger partial charge in [-0.1, -0.05) is 53.2 Å². The first-order valence-corrected chi connectivity index (χ1v) is 14.4. The molecule has 38 heavy (non-hydrogen) atoms. The van der Waals surface area contributed by atoms with E-state index in [2.05, 4.69) is 10.2 Å². The number of carbonyl (C=O) groups excluding carboxylic acids is 2. The van der Waals surface area contributed by atoms with Crippen molar-refractivity contribution in [1.29, 1.82) is 0 Å². The Morgan fingerprint density at radius 2 is 1.89 bits per heavy atom. The van der Waals surface area contributed by atoms with E-state index in [9.17, 15) is 19.5 Å². The number of carboxylic acid groups (broad SMARTS) is 1. The summed E-state index contributed by atoms with van der Waals surface area (Å²) in [6.07, 6.45) is 6.82. The van der Waals surface area contributed by atoms with Crippen molar-refractivity contribution in [2.45, 2.75) is 41.9 Å². The molecule has 2 aromatic rings. The summed E-state index contributed by atoms with van der Waals surface area (Å²) >= 11 is 14.7. The van der Waals surface area contributed by atoms with Gasteiger partial charge in [-0.15, -0.1) is 0 Å². The highest BCUT2D eigenvalue weighted by atomic mass is 35.5. The molecule has 0 radical (unpaired) electrons. The topological polar surface area (TPSA) is 89.9 Å². The van der Waals surface area contributed by atoms with Gasteiger partial charge in [-0.3, -0.25) is 14.4 Å². The summed E-state index contributed by atoms with van der Waals surface area (Å²) in [6.45, 7) is 3.22. The minimum atomic E-state index is -0.759. The van der Waals surface area contributed by atoms with E-state index < -0.39 is 5.97 Å². The Bertz CT molecular complexity index is 1220. The predicted octanol–water partition coefficient (Wildman–Crippen LogP) is 5.59. The van der Waals surface area contributed by atoms with E-state index in [1.54, 1.807) is 6.08 Å². The molecule has 2 amide bonds. The minimum absolute atomic E-state index is 0.186. The van der Waals surface area contributed by atoms with Gasteiger partial charge >= 0.3 is 5.97 Å². The maximum atomic E-state index is 12.2. The molecule has 2 aliphatic rings. The largest absolute Gasteiger partial charge is 0.481 e. The van der Waals surface area contributed by atoms with Crippen molar-refractivity contribution >= 4 is 64.5 Å². The average molecular weight is 577 g/mol. The van der Waals surface area contributed by atoms with E-state index in [0.29, 0.717) is 54.5 Å². The molecule has 0 aromatic heterocycles. The molecule has 0 aliphatic carbocycles. The molecule has 10 heteroatoms. The van der Waals surface area contributed by atoms with Crippen molar-refractivity contribution in [1.82, 2.24) is 10.2 Å². The second kappa shape index (κ2) is 13.4. The first-order valence-electron chi connectivity index (χ1n) is 12.8. The molecular weight excluding hydrogens is 545 g/mol. The monoisotopic (exact) mass is 575 g/mol. The Kier molecular flexibility index (Phi) is 9.99. The number of anilines is 1. The lowest BCUT2D eigenvalue weighted by atomic mass is 9.98. The number of nitrogens with one attached hydrogen (secondary N) is 1. The molecule has 7 nitrogen and oxygen atoms in total. The Morgan fingerprint density at radius 1 is 1.08 bits per heavy atom. The molecule has 0 bridgehead atoms. The lowest BCUT2D eigenvalue weighted by molar-refractivity contribution is -0.142. The van der Waals surface area contributed by atoms with Gasteiger partial charge in [-0.2, -0.15) is 0 Å². The Labute approximate surface area is 237 Å². The lowest BCUT2D eigenvalue weighted by Crippen LogP contribution is -2.38. The second-order valence-electron chi connectivity index (χ2n) is 9.44. The molecule has 4 rings (SSSR count). The zero-order chi connectivity index (χ0) is 27.1. The summed E-state index contributed by atoms with van der Waals surface area (Å²) in [6, 6.07) is 11.6. The molecule has 2 aromatic carbocycles. The normalized spacial score (nSPS) is 17.8. The van der Waals surface area contributed by atoms with Crippen LogP contribution in [0.2, 0.25) is 10.0 Å². The van der Waals surface area contributed by atoms with E-state index in [4.69, 9.17) is 23.2 Å². The predicted molar refractivity (Wildman–Crippen MR) is 152 cm³/mol. The van der Waals surface area contributed by atoms with Crippen molar-refractivity contribution in [3.63, 3.8) is 0 Å². The number of rotatable bonds is 10. The van der Waals surface area contributed by atoms with E-state index in [1.807, 2.05) is 41.3 Å². The van der Waals surface area contributed by atoms with E-state index in [0.717, 1.165) is 41.4 Å². The number of benzene rings is 2. The summed E-state index contributed by atoms with van der Waals surface area (Å²) in [5.41, 5.74) is 1.61. The van der Waals surface area contributed by atoms with Crippen LogP contribution in [0.5, 0.6) is 0 Å². The van der Waals surface area contributed by atoms with Gasteiger partial charge in [-0.05, 0) is 55.5 Å². The summed E-state index contributed by atoms with van der Waals surface area (Å²) in [5.74, 6) is -1.19. The van der Waals surface area contributed by atoms with Crippen LogP contribution in [0, 0.1) is 5.92 Å². The van der Waals surface area contributed by atoms with Gasteiger partial charge in [0, 0.05) is 55.0 Å². The van der Waals surface area contributed by atoms with Gasteiger partial charge in [0.2, 0.25) is 11.8 Å². The number of para-hydroxylation sites is 1. The zero-order valence-electron chi connectivity index (χ0n) is 21.0. The molecule has 202 valence electrons. The first kappa shape index (κ1) is 28.3. The number of hydrogen-bond acceptors (Lipinski definition) is 5. The molecule has 1 atom stereocenters. The van der Waals surface area contributed by atoms with Gasteiger partial charge in [0.1, 0.15) is 0 Å². The molecule has 2 fully saturated rings. The van der Waals surface area contributed by atoms with Crippen molar-refractivity contribution in [3.05, 3.63) is 58.1 Å². The van der Waals surface area contributed by atoms with Crippen LogP contribution >= 0.6 is 35.0 Å². The zero-order valence-corrected chi connectivity index (χ0v) is 23.3. The SMILES string of the molecule is O=C(C=Cc1ccc(Sc2ccccc2N2CCCC(C(=O)O)C2)c(Cl)c1Cl)NCCCN1CCCC1=O. The van der Waals surface area contributed by atoms with Crippen LogP contribution in [0.25, 0.3) is 6.08 Å². The summed E-state index contributed by atoms with van der Waals surface area (Å²) < 4.78 is 0. The third kappa shape index (κ3) is 7.24. The van der Waals surface area contributed by atoms with Crippen molar-refractivity contribution in [2.24, 2.45) is 5.92 Å². The Balaban J connectivity index is 1.36. The van der Waals surface area contributed by atoms with Gasteiger partial charge in [0.05, 0.1) is 21.7 Å². The third-order valence-corrected chi connectivity index (χ3v) is 8.90. The summed E-state index contributed by atoms with van der Waals surface area (Å²) in [5, 5.41) is 13.1. The standard InChI is InChI=1S/C28H31Cl2N3O4S/c29-26-19(11-13-24(34)31-14-5-17-32-15-4-9-25(32)35)10-12-23(27(26)30)38-22-8-2-1-7-21(22)33-16-3-6-20(18-33)28(36)37/h1-2,7-8,10-13,20H,3-6,9,14-18H2,(H,31,34)(H,36,37). The number of carbonyl (C=O) groups is 3. The van der Waals surface area contributed by atoms with Crippen LogP contribution in [-0.4, -0.2) is 60.5 Å². The number of aliphatic carboxylic acids is 1. The van der Waals surface area contributed by atoms with E-state index in [1.165, 1.54) is 17.8 Å². The van der Waals surface area contributed by atoms with Crippen LogP contribution in [0.15, 0.2) is 52.3 Å². The van der Waals surface area contributed by atoms with E-state index in [-0.39, 0.29) is 17.7 Å².